The number of pyridine rings is 1. The van der Waals surface area contributed by atoms with Gasteiger partial charge in [0.2, 0.25) is 5.91 Å². The van der Waals surface area contributed by atoms with Gasteiger partial charge in [-0.1, -0.05) is 0 Å². The van der Waals surface area contributed by atoms with E-state index in [0.29, 0.717) is 11.5 Å². The molecule has 1 aliphatic carbocycles. The van der Waals surface area contributed by atoms with Gasteiger partial charge in [-0.3, -0.25) is 4.79 Å². The minimum atomic E-state index is -0.281. The van der Waals surface area contributed by atoms with Gasteiger partial charge < -0.3 is 15.3 Å². The lowest BCUT2D eigenvalue weighted by atomic mass is 10.1. The van der Waals surface area contributed by atoms with E-state index < -0.39 is 0 Å². The molecule has 1 amide bonds. The predicted octanol–water partition coefficient (Wildman–Crippen LogP) is 2.08. The Hall–Kier alpha value is -2.70. The van der Waals surface area contributed by atoms with Crippen LogP contribution < -0.4 is 10.2 Å². The molecule has 0 bridgehead atoms. The molecular weight excluding hydrogens is 330 g/mol. The second-order valence-electron chi connectivity index (χ2n) is 7.67. The molecule has 0 spiro atoms. The zero-order valence-electron chi connectivity index (χ0n) is 15.7. The van der Waals surface area contributed by atoms with Crippen molar-refractivity contribution in [2.24, 2.45) is 0 Å². The molecule has 0 fully saturated rings. The van der Waals surface area contributed by atoms with E-state index in [9.17, 15) is 9.90 Å². The molecule has 7 nitrogen and oxygen atoms in total. The fourth-order valence-corrected chi connectivity index (χ4v) is 3.15. The minimum absolute atomic E-state index is 0.0459. The van der Waals surface area contributed by atoms with E-state index in [4.69, 9.17) is 0 Å². The number of carbonyl (C=O) groups excluding carboxylic acids is 1. The molecular formula is C19H25N5O2. The van der Waals surface area contributed by atoms with Gasteiger partial charge in [0, 0.05) is 30.0 Å². The molecule has 2 N–H and O–H groups in total. The summed E-state index contributed by atoms with van der Waals surface area (Å²) in [4.78, 5) is 27.6. The summed E-state index contributed by atoms with van der Waals surface area (Å²) in [5.74, 6) is 1.11. The van der Waals surface area contributed by atoms with Crippen molar-refractivity contribution in [3.05, 3.63) is 29.6 Å². The molecule has 138 valence electrons. The van der Waals surface area contributed by atoms with Crippen LogP contribution in [0.3, 0.4) is 0 Å². The lowest BCUT2D eigenvalue weighted by Crippen LogP contribution is -2.45. The highest BCUT2D eigenvalue weighted by molar-refractivity contribution is 5.82. The topological polar surface area (TPSA) is 91.2 Å². The first-order chi connectivity index (χ1) is 12.2. The predicted molar refractivity (Wildman–Crippen MR) is 100 cm³/mol. The van der Waals surface area contributed by atoms with Gasteiger partial charge >= 0.3 is 0 Å². The van der Waals surface area contributed by atoms with Crippen LogP contribution in [0.5, 0.6) is 5.75 Å². The van der Waals surface area contributed by atoms with Crippen LogP contribution in [-0.2, 0) is 17.6 Å². The van der Waals surface area contributed by atoms with E-state index >= 15 is 0 Å². The maximum absolute atomic E-state index is 12.3. The van der Waals surface area contributed by atoms with E-state index in [2.05, 4.69) is 20.3 Å². The Kier molecular flexibility index (Phi) is 4.80. The van der Waals surface area contributed by atoms with Gasteiger partial charge in [0.1, 0.15) is 17.3 Å². The van der Waals surface area contributed by atoms with Gasteiger partial charge in [-0.15, -0.1) is 0 Å². The lowest BCUT2D eigenvalue weighted by molar-refractivity contribution is -0.121. The molecule has 2 aromatic heterocycles. The van der Waals surface area contributed by atoms with Crippen LogP contribution in [0.2, 0.25) is 0 Å². The number of likely N-dealkylation sites (N-methyl/N-ethyl adjacent to an activating group) is 1. The van der Waals surface area contributed by atoms with E-state index in [1.54, 1.807) is 18.3 Å². The van der Waals surface area contributed by atoms with Crippen LogP contribution in [0, 0.1) is 0 Å². The number of nitrogens with zero attached hydrogens (tertiary/aromatic N) is 4. The number of anilines is 1. The Labute approximate surface area is 153 Å². The monoisotopic (exact) mass is 355 g/mol. The van der Waals surface area contributed by atoms with Gasteiger partial charge in [0.05, 0.1) is 6.54 Å². The Morgan fingerprint density at radius 2 is 2.08 bits per heavy atom. The van der Waals surface area contributed by atoms with Crippen molar-refractivity contribution in [3.63, 3.8) is 0 Å². The molecule has 0 aliphatic heterocycles. The van der Waals surface area contributed by atoms with Crippen molar-refractivity contribution in [2.75, 3.05) is 18.5 Å². The zero-order valence-corrected chi connectivity index (χ0v) is 15.7. The van der Waals surface area contributed by atoms with Gasteiger partial charge in [-0.25, -0.2) is 15.0 Å². The van der Waals surface area contributed by atoms with Crippen LogP contribution in [0.25, 0.3) is 11.5 Å². The number of amides is 1. The van der Waals surface area contributed by atoms with Gasteiger partial charge in [-0.05, 0) is 52.2 Å². The smallest absolute Gasteiger partial charge is 0.239 e. The number of hydrogen-bond donors (Lipinski definition) is 2. The second kappa shape index (κ2) is 6.90. The fourth-order valence-electron chi connectivity index (χ4n) is 3.15. The minimum Gasteiger partial charge on any atom is -0.506 e. The highest BCUT2D eigenvalue weighted by Gasteiger charge is 2.25. The van der Waals surface area contributed by atoms with Crippen molar-refractivity contribution in [2.45, 2.75) is 45.6 Å². The third kappa shape index (κ3) is 3.92. The molecule has 0 saturated carbocycles. The van der Waals surface area contributed by atoms with E-state index in [0.717, 1.165) is 36.3 Å². The maximum atomic E-state index is 12.3. The van der Waals surface area contributed by atoms with Crippen LogP contribution in [0.1, 0.15) is 38.4 Å². The summed E-state index contributed by atoms with van der Waals surface area (Å²) in [6, 6.07) is 3.23. The number of aromatic nitrogens is 3. The Morgan fingerprint density at radius 1 is 1.31 bits per heavy atom. The largest absolute Gasteiger partial charge is 0.506 e. The van der Waals surface area contributed by atoms with E-state index in [1.807, 2.05) is 32.7 Å². The van der Waals surface area contributed by atoms with Crippen LogP contribution in [-0.4, -0.2) is 45.1 Å². The molecule has 1 aliphatic rings. The zero-order chi connectivity index (χ0) is 18.9. The van der Waals surface area contributed by atoms with Gasteiger partial charge in [0.15, 0.2) is 5.82 Å². The van der Waals surface area contributed by atoms with E-state index in [1.165, 1.54) is 0 Å². The molecule has 26 heavy (non-hydrogen) atoms. The Balaban J connectivity index is 1.94. The van der Waals surface area contributed by atoms with Crippen LogP contribution >= 0.6 is 0 Å². The fraction of sp³-hybridized carbons (Fsp3) is 0.474. The standard InChI is InChI=1S/C19H25N5O2/c1-19(2,3)23-15(26)11-24(4)18-12-7-5-8-13(12)21-17(22-18)16-14(25)9-6-10-20-16/h6,9-10,25H,5,7-8,11H2,1-4H3,(H,23,26). The number of rotatable bonds is 4. The normalized spacial score (nSPS) is 13.4. The average Bonchev–Trinajstić information content (AvgIpc) is 3.00. The highest BCUT2D eigenvalue weighted by atomic mass is 16.3. The third-order valence-electron chi connectivity index (χ3n) is 4.17. The van der Waals surface area contributed by atoms with Gasteiger partial charge in [0.25, 0.3) is 0 Å². The summed E-state index contributed by atoms with van der Waals surface area (Å²) < 4.78 is 0. The average molecular weight is 355 g/mol. The van der Waals surface area contributed by atoms with Crippen molar-refractivity contribution in [1.29, 1.82) is 0 Å². The maximum Gasteiger partial charge on any atom is 0.239 e. The van der Waals surface area contributed by atoms with Crippen molar-refractivity contribution in [3.8, 4) is 17.3 Å². The highest BCUT2D eigenvalue weighted by Crippen LogP contribution is 2.32. The number of carbonyl (C=O) groups is 1. The summed E-state index contributed by atoms with van der Waals surface area (Å²) >= 11 is 0. The summed E-state index contributed by atoms with van der Waals surface area (Å²) in [7, 11) is 1.85. The summed E-state index contributed by atoms with van der Waals surface area (Å²) in [6.45, 7) is 6.06. The Bertz CT molecular complexity index is 829. The third-order valence-corrected chi connectivity index (χ3v) is 4.17. The molecule has 7 heteroatoms. The first kappa shape index (κ1) is 18.1. The molecule has 0 aromatic carbocycles. The quantitative estimate of drug-likeness (QED) is 0.873. The molecule has 0 unspecified atom stereocenters. The van der Waals surface area contributed by atoms with Crippen LogP contribution in [0.15, 0.2) is 18.3 Å². The number of aromatic hydroxyl groups is 1. The SMILES string of the molecule is CN(CC(=O)NC(C)(C)C)c1nc(-c2ncccc2O)nc2c1CCC2. The van der Waals surface area contributed by atoms with Crippen molar-refractivity contribution >= 4 is 11.7 Å². The number of nitrogens with one attached hydrogen (secondary N) is 1. The first-order valence-electron chi connectivity index (χ1n) is 8.81. The molecule has 3 rings (SSSR count). The Morgan fingerprint density at radius 3 is 2.77 bits per heavy atom. The molecule has 2 heterocycles. The molecule has 0 atom stereocenters. The van der Waals surface area contributed by atoms with Crippen molar-refractivity contribution in [1.82, 2.24) is 20.3 Å². The van der Waals surface area contributed by atoms with Crippen molar-refractivity contribution < 1.29 is 9.90 Å². The van der Waals surface area contributed by atoms with E-state index in [-0.39, 0.29) is 23.7 Å². The summed E-state index contributed by atoms with van der Waals surface area (Å²) in [5, 5.41) is 13.1. The molecule has 0 radical (unpaired) electrons. The summed E-state index contributed by atoms with van der Waals surface area (Å²) in [6.07, 6.45) is 4.38. The molecule has 2 aromatic rings. The lowest BCUT2D eigenvalue weighted by Gasteiger charge is -2.25. The number of hydrogen-bond acceptors (Lipinski definition) is 6. The van der Waals surface area contributed by atoms with Gasteiger partial charge in [-0.2, -0.15) is 0 Å². The second-order valence-corrected chi connectivity index (χ2v) is 7.67. The number of fused-ring (bicyclic) bond motifs is 1. The summed E-state index contributed by atoms with van der Waals surface area (Å²) in [5.41, 5.74) is 2.13. The number of aryl methyl sites for hydroxylation is 1. The first-order valence-corrected chi connectivity index (χ1v) is 8.81. The molecule has 0 saturated heterocycles. The van der Waals surface area contributed by atoms with Crippen LogP contribution in [0.4, 0.5) is 5.82 Å².